The summed E-state index contributed by atoms with van der Waals surface area (Å²) in [5.74, 6) is 0.651. The van der Waals surface area contributed by atoms with Gasteiger partial charge in [0.2, 0.25) is 11.8 Å². The zero-order valence-electron chi connectivity index (χ0n) is 16.4. The number of nitrogens with one attached hydrogen (secondary N) is 2. The van der Waals surface area contributed by atoms with Crippen molar-refractivity contribution < 1.29 is 14.3 Å². The summed E-state index contributed by atoms with van der Waals surface area (Å²) in [6.45, 7) is 1.97. The number of aromatic nitrogens is 1. The van der Waals surface area contributed by atoms with E-state index >= 15 is 0 Å². The SMILES string of the molecule is COc1cccc(NC(=O)CSc2nc(CC(=O)Nc3ccc(Br)c(C)c3)cs2)c1. The number of anilines is 2. The predicted octanol–water partition coefficient (Wildman–Crippen LogP) is 5.13. The Hall–Kier alpha value is -2.36. The average Bonchev–Trinajstić information content (AvgIpc) is 3.16. The molecule has 2 amide bonds. The number of ether oxygens (including phenoxy) is 1. The molecule has 9 heteroatoms. The van der Waals surface area contributed by atoms with Crippen molar-refractivity contribution in [2.45, 2.75) is 17.7 Å². The molecule has 6 nitrogen and oxygen atoms in total. The highest BCUT2D eigenvalue weighted by Gasteiger charge is 2.11. The van der Waals surface area contributed by atoms with Gasteiger partial charge < -0.3 is 15.4 Å². The maximum absolute atomic E-state index is 12.3. The van der Waals surface area contributed by atoms with Crippen molar-refractivity contribution in [1.82, 2.24) is 4.98 Å². The molecule has 0 unspecified atom stereocenters. The van der Waals surface area contributed by atoms with Crippen LogP contribution in [0.3, 0.4) is 0 Å². The van der Waals surface area contributed by atoms with Crippen molar-refractivity contribution in [3.63, 3.8) is 0 Å². The molecule has 2 aromatic carbocycles. The lowest BCUT2D eigenvalue weighted by molar-refractivity contribution is -0.116. The molecule has 3 rings (SSSR count). The highest BCUT2D eigenvalue weighted by Crippen LogP contribution is 2.24. The number of hydrogen-bond donors (Lipinski definition) is 2. The fraction of sp³-hybridized carbons (Fsp3) is 0.190. The molecular formula is C21H20BrN3O3S2. The Morgan fingerprint density at radius 3 is 2.67 bits per heavy atom. The number of hydrogen-bond acceptors (Lipinski definition) is 6. The van der Waals surface area contributed by atoms with Gasteiger partial charge in [0, 0.05) is 27.3 Å². The Kier molecular flexibility index (Phi) is 7.89. The number of halogens is 1. The monoisotopic (exact) mass is 505 g/mol. The number of carbonyl (C=O) groups is 2. The Labute approximate surface area is 191 Å². The van der Waals surface area contributed by atoms with E-state index < -0.39 is 0 Å². The van der Waals surface area contributed by atoms with Crippen LogP contribution in [0.1, 0.15) is 11.3 Å². The van der Waals surface area contributed by atoms with Crippen molar-refractivity contribution in [2.75, 3.05) is 23.5 Å². The summed E-state index contributed by atoms with van der Waals surface area (Å²) in [5.41, 5.74) is 3.16. The lowest BCUT2D eigenvalue weighted by atomic mass is 10.2. The molecule has 0 fully saturated rings. The summed E-state index contributed by atoms with van der Waals surface area (Å²) < 4.78 is 6.89. The van der Waals surface area contributed by atoms with E-state index in [-0.39, 0.29) is 24.0 Å². The van der Waals surface area contributed by atoms with Gasteiger partial charge in [-0.1, -0.05) is 33.8 Å². The van der Waals surface area contributed by atoms with Gasteiger partial charge >= 0.3 is 0 Å². The van der Waals surface area contributed by atoms with Crippen LogP contribution in [-0.4, -0.2) is 29.7 Å². The van der Waals surface area contributed by atoms with Crippen molar-refractivity contribution in [1.29, 1.82) is 0 Å². The van der Waals surface area contributed by atoms with Crippen LogP contribution in [0, 0.1) is 6.92 Å². The first-order chi connectivity index (χ1) is 14.4. The normalized spacial score (nSPS) is 10.5. The number of amides is 2. The van der Waals surface area contributed by atoms with Crippen LogP contribution in [0.15, 0.2) is 56.7 Å². The summed E-state index contributed by atoms with van der Waals surface area (Å²) in [6.07, 6.45) is 0.183. The Bertz CT molecular complexity index is 1060. The maximum Gasteiger partial charge on any atom is 0.234 e. The molecule has 0 radical (unpaired) electrons. The number of carbonyl (C=O) groups excluding carboxylic acids is 2. The fourth-order valence-corrected chi connectivity index (χ4v) is 4.44. The highest BCUT2D eigenvalue weighted by atomic mass is 79.9. The molecule has 0 saturated carbocycles. The summed E-state index contributed by atoms with van der Waals surface area (Å²) in [5, 5.41) is 7.55. The third-order valence-electron chi connectivity index (χ3n) is 3.99. The number of methoxy groups -OCH3 is 1. The van der Waals surface area contributed by atoms with E-state index in [1.165, 1.54) is 23.1 Å². The predicted molar refractivity (Wildman–Crippen MR) is 126 cm³/mol. The molecule has 0 aliphatic carbocycles. The standard InChI is InChI=1S/C21H20BrN3O3S2/c1-13-8-15(6-7-18(13)22)23-19(26)10-16-11-29-21(25-16)30-12-20(27)24-14-4-3-5-17(9-14)28-2/h3-9,11H,10,12H2,1-2H3,(H,23,26)(H,24,27). The highest BCUT2D eigenvalue weighted by molar-refractivity contribution is 9.10. The van der Waals surface area contributed by atoms with Crippen LogP contribution in [0.4, 0.5) is 11.4 Å². The number of nitrogens with zero attached hydrogens (tertiary/aromatic N) is 1. The Morgan fingerprint density at radius 2 is 1.90 bits per heavy atom. The molecule has 0 atom stereocenters. The van der Waals surface area contributed by atoms with Crippen molar-refractivity contribution in [2.24, 2.45) is 0 Å². The minimum absolute atomic E-state index is 0.130. The van der Waals surface area contributed by atoms with Crippen molar-refractivity contribution >= 4 is 62.2 Å². The van der Waals surface area contributed by atoms with E-state index in [0.29, 0.717) is 17.1 Å². The summed E-state index contributed by atoms with van der Waals surface area (Å²) in [7, 11) is 1.58. The molecule has 0 spiro atoms. The van der Waals surface area contributed by atoms with Gasteiger partial charge in [-0.25, -0.2) is 4.98 Å². The Balaban J connectivity index is 1.47. The van der Waals surface area contributed by atoms with Crippen LogP contribution in [0.25, 0.3) is 0 Å². The summed E-state index contributed by atoms with van der Waals surface area (Å²) in [4.78, 5) is 28.9. The molecule has 0 bridgehead atoms. The van der Waals surface area contributed by atoms with Gasteiger partial charge in [0.05, 0.1) is 25.0 Å². The van der Waals surface area contributed by atoms with E-state index in [9.17, 15) is 9.59 Å². The van der Waals surface area contributed by atoms with E-state index in [0.717, 1.165) is 20.1 Å². The molecule has 0 saturated heterocycles. The first-order valence-electron chi connectivity index (χ1n) is 9.00. The second-order valence-corrected chi connectivity index (χ2v) is 9.30. The average molecular weight is 506 g/mol. The topological polar surface area (TPSA) is 80.3 Å². The van der Waals surface area contributed by atoms with Crippen LogP contribution in [0.5, 0.6) is 5.75 Å². The number of thioether (sulfide) groups is 1. The molecule has 1 aromatic heterocycles. The summed E-state index contributed by atoms with van der Waals surface area (Å²) >= 11 is 6.21. The second kappa shape index (κ2) is 10.6. The van der Waals surface area contributed by atoms with E-state index in [2.05, 4.69) is 31.5 Å². The number of thiazole rings is 1. The minimum Gasteiger partial charge on any atom is -0.497 e. The van der Waals surface area contributed by atoms with Gasteiger partial charge in [0.1, 0.15) is 5.75 Å². The quantitative estimate of drug-likeness (QED) is 0.414. The van der Waals surface area contributed by atoms with Crippen LogP contribution in [0.2, 0.25) is 0 Å². The van der Waals surface area contributed by atoms with Gasteiger partial charge in [-0.15, -0.1) is 11.3 Å². The minimum atomic E-state index is -0.131. The zero-order chi connectivity index (χ0) is 21.5. The molecule has 0 aliphatic rings. The van der Waals surface area contributed by atoms with E-state index in [1.54, 1.807) is 19.2 Å². The van der Waals surface area contributed by atoms with Crippen LogP contribution >= 0.6 is 39.0 Å². The number of benzene rings is 2. The summed E-state index contributed by atoms with van der Waals surface area (Å²) in [6, 6.07) is 12.8. The van der Waals surface area contributed by atoms with Gasteiger partial charge in [-0.05, 0) is 42.8 Å². The fourth-order valence-electron chi connectivity index (χ4n) is 2.55. The zero-order valence-corrected chi connectivity index (χ0v) is 19.6. The molecule has 0 aliphatic heterocycles. The first-order valence-corrected chi connectivity index (χ1v) is 11.7. The molecule has 156 valence electrons. The largest absolute Gasteiger partial charge is 0.497 e. The molecular weight excluding hydrogens is 486 g/mol. The number of aryl methyl sites for hydroxylation is 1. The Morgan fingerprint density at radius 1 is 1.13 bits per heavy atom. The molecule has 2 N–H and O–H groups in total. The van der Waals surface area contributed by atoms with Gasteiger partial charge in [0.15, 0.2) is 4.34 Å². The van der Waals surface area contributed by atoms with Crippen LogP contribution in [-0.2, 0) is 16.0 Å². The van der Waals surface area contributed by atoms with Gasteiger partial charge in [-0.3, -0.25) is 9.59 Å². The van der Waals surface area contributed by atoms with Crippen molar-refractivity contribution in [3.8, 4) is 5.75 Å². The van der Waals surface area contributed by atoms with Gasteiger partial charge in [-0.2, -0.15) is 0 Å². The third-order valence-corrected chi connectivity index (χ3v) is 6.95. The molecule has 1 heterocycles. The first kappa shape index (κ1) is 22.3. The maximum atomic E-state index is 12.3. The van der Waals surface area contributed by atoms with Gasteiger partial charge in [0.25, 0.3) is 0 Å². The third kappa shape index (κ3) is 6.58. The lowest BCUT2D eigenvalue weighted by Gasteiger charge is -2.06. The van der Waals surface area contributed by atoms with E-state index in [4.69, 9.17) is 4.74 Å². The molecule has 3 aromatic rings. The van der Waals surface area contributed by atoms with Crippen LogP contribution < -0.4 is 15.4 Å². The molecule has 30 heavy (non-hydrogen) atoms. The van der Waals surface area contributed by atoms with Crippen molar-refractivity contribution in [3.05, 3.63) is 63.6 Å². The van der Waals surface area contributed by atoms with E-state index in [1.807, 2.05) is 42.6 Å². The number of rotatable bonds is 8. The second-order valence-electron chi connectivity index (χ2n) is 6.36. The lowest BCUT2D eigenvalue weighted by Crippen LogP contribution is -2.15. The smallest absolute Gasteiger partial charge is 0.234 e.